The van der Waals surface area contributed by atoms with Crippen LogP contribution in [0.4, 0.5) is 13.2 Å². The number of rotatable bonds is 2. The van der Waals surface area contributed by atoms with Crippen LogP contribution in [-0.4, -0.2) is 16.5 Å². The highest BCUT2D eigenvalue weighted by Gasteiger charge is 2.30. The van der Waals surface area contributed by atoms with Gasteiger partial charge in [0.2, 0.25) is 0 Å². The molecule has 0 amide bonds. The first-order chi connectivity index (χ1) is 8.02. The Balaban J connectivity index is 2.61. The fourth-order valence-corrected chi connectivity index (χ4v) is 1.62. The second-order valence-corrected chi connectivity index (χ2v) is 3.59. The van der Waals surface area contributed by atoms with E-state index in [-0.39, 0.29) is 0 Å². The molecule has 0 aliphatic heterocycles. The Morgan fingerprint density at radius 1 is 1.18 bits per heavy atom. The van der Waals surface area contributed by atoms with Gasteiger partial charge in [0.1, 0.15) is 6.33 Å². The van der Waals surface area contributed by atoms with Crippen molar-refractivity contribution in [2.24, 2.45) is 5.73 Å². The molecule has 2 rings (SSSR count). The van der Waals surface area contributed by atoms with Crippen LogP contribution in [0.3, 0.4) is 0 Å². The number of hydrogen-bond acceptors (Lipinski definition) is 3. The van der Waals surface area contributed by atoms with E-state index in [0.717, 1.165) is 12.1 Å². The van der Waals surface area contributed by atoms with E-state index in [2.05, 4.69) is 9.97 Å². The summed E-state index contributed by atoms with van der Waals surface area (Å²) in [6.07, 6.45) is -2.59. The minimum absolute atomic E-state index is 0.336. The molecular weight excluding hydrogens is 231 g/mol. The van der Waals surface area contributed by atoms with Crippen molar-refractivity contribution < 1.29 is 13.2 Å². The fraction of sp³-hybridized carbons (Fsp3) is 0.273. The average molecular weight is 241 g/mol. The number of fused-ring (bicyclic) bond motifs is 1. The standard InChI is InChI=1S/C11H10F3N3/c12-11(13,14)7-1-2-9-8(5-7)10(3-4-15)17-6-16-9/h1-2,5-6H,3-4,15H2. The third-order valence-corrected chi connectivity index (χ3v) is 2.43. The first-order valence-corrected chi connectivity index (χ1v) is 5.03. The van der Waals surface area contributed by atoms with E-state index in [0.29, 0.717) is 29.6 Å². The molecule has 1 aromatic heterocycles. The summed E-state index contributed by atoms with van der Waals surface area (Å²) in [7, 11) is 0. The lowest BCUT2D eigenvalue weighted by Crippen LogP contribution is -2.07. The first-order valence-electron chi connectivity index (χ1n) is 5.03. The summed E-state index contributed by atoms with van der Waals surface area (Å²) in [5.41, 5.74) is 5.74. The van der Waals surface area contributed by atoms with Crippen LogP contribution in [0.25, 0.3) is 10.9 Å². The SMILES string of the molecule is NCCc1ncnc2ccc(C(F)(F)F)cc12. The zero-order chi connectivity index (χ0) is 12.5. The summed E-state index contributed by atoms with van der Waals surface area (Å²) in [6, 6.07) is 3.43. The smallest absolute Gasteiger partial charge is 0.330 e. The zero-order valence-corrected chi connectivity index (χ0v) is 8.83. The second-order valence-electron chi connectivity index (χ2n) is 3.59. The van der Waals surface area contributed by atoms with Crippen molar-refractivity contribution in [3.05, 3.63) is 35.8 Å². The van der Waals surface area contributed by atoms with Gasteiger partial charge in [-0.3, -0.25) is 0 Å². The van der Waals surface area contributed by atoms with Crippen molar-refractivity contribution in [2.45, 2.75) is 12.6 Å². The minimum Gasteiger partial charge on any atom is -0.330 e. The Morgan fingerprint density at radius 3 is 2.59 bits per heavy atom. The van der Waals surface area contributed by atoms with Crippen molar-refractivity contribution in [1.82, 2.24) is 9.97 Å². The Bertz CT molecular complexity index is 537. The molecule has 0 aliphatic carbocycles. The molecule has 0 saturated heterocycles. The summed E-state index contributed by atoms with van der Waals surface area (Å²) in [5, 5.41) is 0.410. The van der Waals surface area contributed by atoms with Crippen molar-refractivity contribution in [1.29, 1.82) is 0 Å². The summed E-state index contributed by atoms with van der Waals surface area (Å²) in [6.45, 7) is 0.336. The lowest BCUT2D eigenvalue weighted by molar-refractivity contribution is -0.137. The van der Waals surface area contributed by atoms with Crippen LogP contribution >= 0.6 is 0 Å². The molecule has 0 spiro atoms. The Labute approximate surface area is 95.5 Å². The molecule has 0 aliphatic rings. The van der Waals surface area contributed by atoms with E-state index in [1.807, 2.05) is 0 Å². The van der Waals surface area contributed by atoms with Gasteiger partial charge in [0.15, 0.2) is 0 Å². The molecule has 1 heterocycles. The molecule has 2 aromatic rings. The highest BCUT2D eigenvalue weighted by atomic mass is 19.4. The topological polar surface area (TPSA) is 51.8 Å². The van der Waals surface area contributed by atoms with Crippen molar-refractivity contribution in [3.63, 3.8) is 0 Å². The van der Waals surface area contributed by atoms with E-state index in [9.17, 15) is 13.2 Å². The zero-order valence-electron chi connectivity index (χ0n) is 8.83. The number of aromatic nitrogens is 2. The van der Waals surface area contributed by atoms with Gasteiger partial charge in [0.05, 0.1) is 16.8 Å². The van der Waals surface area contributed by atoms with Crippen LogP contribution < -0.4 is 5.73 Å². The number of nitrogens with zero attached hydrogens (tertiary/aromatic N) is 2. The number of alkyl halides is 3. The second kappa shape index (κ2) is 4.29. The van der Waals surface area contributed by atoms with Gasteiger partial charge in [-0.25, -0.2) is 9.97 Å². The maximum atomic E-state index is 12.6. The molecule has 0 saturated carbocycles. The molecule has 17 heavy (non-hydrogen) atoms. The maximum absolute atomic E-state index is 12.6. The highest BCUT2D eigenvalue weighted by molar-refractivity contribution is 5.81. The van der Waals surface area contributed by atoms with Gasteiger partial charge in [-0.1, -0.05) is 0 Å². The van der Waals surface area contributed by atoms with E-state index >= 15 is 0 Å². The van der Waals surface area contributed by atoms with Gasteiger partial charge in [-0.05, 0) is 24.7 Å². The number of benzene rings is 1. The van der Waals surface area contributed by atoms with Crippen LogP contribution in [0.15, 0.2) is 24.5 Å². The molecule has 0 unspecified atom stereocenters. The molecule has 6 heteroatoms. The van der Waals surface area contributed by atoms with Crippen LogP contribution in [-0.2, 0) is 12.6 Å². The van der Waals surface area contributed by atoms with Crippen molar-refractivity contribution in [3.8, 4) is 0 Å². The molecule has 0 atom stereocenters. The molecule has 3 nitrogen and oxygen atoms in total. The monoisotopic (exact) mass is 241 g/mol. The van der Waals surface area contributed by atoms with Crippen molar-refractivity contribution >= 4 is 10.9 Å². The number of nitrogens with two attached hydrogens (primary N) is 1. The molecule has 90 valence electrons. The van der Waals surface area contributed by atoms with Gasteiger partial charge < -0.3 is 5.73 Å². The largest absolute Gasteiger partial charge is 0.416 e. The van der Waals surface area contributed by atoms with Gasteiger partial charge in [-0.2, -0.15) is 13.2 Å². The Hall–Kier alpha value is -1.69. The normalized spacial score (nSPS) is 12.0. The average Bonchev–Trinajstić information content (AvgIpc) is 2.28. The lowest BCUT2D eigenvalue weighted by atomic mass is 10.1. The summed E-state index contributed by atoms with van der Waals surface area (Å²) in [4.78, 5) is 7.89. The van der Waals surface area contributed by atoms with Crippen LogP contribution in [0.1, 0.15) is 11.3 Å². The van der Waals surface area contributed by atoms with Gasteiger partial charge in [0.25, 0.3) is 0 Å². The maximum Gasteiger partial charge on any atom is 0.416 e. The number of halogens is 3. The van der Waals surface area contributed by atoms with Gasteiger partial charge >= 0.3 is 6.18 Å². The minimum atomic E-state index is -4.36. The van der Waals surface area contributed by atoms with Gasteiger partial charge in [0, 0.05) is 11.8 Å². The molecule has 1 aromatic carbocycles. The summed E-state index contributed by atoms with van der Waals surface area (Å²) < 4.78 is 37.7. The van der Waals surface area contributed by atoms with E-state index in [1.165, 1.54) is 12.4 Å². The number of hydrogen-bond donors (Lipinski definition) is 1. The van der Waals surface area contributed by atoms with Crippen LogP contribution in [0, 0.1) is 0 Å². The predicted molar refractivity (Wildman–Crippen MR) is 57.3 cm³/mol. The summed E-state index contributed by atoms with van der Waals surface area (Å²) in [5.74, 6) is 0. The first kappa shape index (κ1) is 11.8. The van der Waals surface area contributed by atoms with Crippen molar-refractivity contribution in [2.75, 3.05) is 6.54 Å². The predicted octanol–water partition coefficient (Wildman–Crippen LogP) is 2.15. The molecule has 0 bridgehead atoms. The molecular formula is C11H10F3N3. The molecule has 0 fully saturated rings. The van der Waals surface area contributed by atoms with Gasteiger partial charge in [-0.15, -0.1) is 0 Å². The van der Waals surface area contributed by atoms with Crippen LogP contribution in [0.2, 0.25) is 0 Å². The Kier molecular flexibility index (Phi) is 2.97. The third kappa shape index (κ3) is 2.36. The lowest BCUT2D eigenvalue weighted by Gasteiger charge is -2.09. The van der Waals surface area contributed by atoms with E-state index in [1.54, 1.807) is 0 Å². The fourth-order valence-electron chi connectivity index (χ4n) is 1.62. The molecule has 2 N–H and O–H groups in total. The summed E-state index contributed by atoms with van der Waals surface area (Å²) >= 11 is 0. The highest BCUT2D eigenvalue weighted by Crippen LogP contribution is 2.31. The quantitative estimate of drug-likeness (QED) is 0.876. The van der Waals surface area contributed by atoms with E-state index in [4.69, 9.17) is 5.73 Å². The molecule has 0 radical (unpaired) electrons. The van der Waals surface area contributed by atoms with E-state index < -0.39 is 11.7 Å². The third-order valence-electron chi connectivity index (χ3n) is 2.43. The van der Waals surface area contributed by atoms with Crippen LogP contribution in [0.5, 0.6) is 0 Å². The Morgan fingerprint density at radius 2 is 1.94 bits per heavy atom.